The van der Waals surface area contributed by atoms with Crippen molar-refractivity contribution in [1.29, 1.82) is 0 Å². The number of hydrogen-bond donors (Lipinski definition) is 1. The van der Waals surface area contributed by atoms with Crippen LogP contribution in [0.15, 0.2) is 48.5 Å². The lowest BCUT2D eigenvalue weighted by Crippen LogP contribution is -2.20. The number of amides is 1. The average molecular weight is 398 g/mol. The van der Waals surface area contributed by atoms with E-state index in [1.54, 1.807) is 18.2 Å². The van der Waals surface area contributed by atoms with Crippen LogP contribution in [0.2, 0.25) is 0 Å². The molecular formula is C23H21F3N2O. The zero-order valence-electron chi connectivity index (χ0n) is 16.0. The first-order valence-corrected chi connectivity index (χ1v) is 9.56. The van der Waals surface area contributed by atoms with E-state index in [-0.39, 0.29) is 6.42 Å². The van der Waals surface area contributed by atoms with E-state index in [9.17, 15) is 18.0 Å². The average Bonchev–Trinajstić information content (AvgIpc) is 3.46. The molecule has 150 valence electrons. The number of carbonyl (C=O) groups is 1. The van der Waals surface area contributed by atoms with Gasteiger partial charge in [-0.25, -0.2) is 0 Å². The third kappa shape index (κ3) is 3.71. The van der Waals surface area contributed by atoms with Crippen LogP contribution in [0, 0.1) is 6.92 Å². The Kier molecular flexibility index (Phi) is 4.60. The molecule has 2 N–H and O–H groups in total. The number of nitrogens with two attached hydrogens (primary N) is 1. The van der Waals surface area contributed by atoms with Gasteiger partial charge in [0.1, 0.15) is 0 Å². The van der Waals surface area contributed by atoms with Gasteiger partial charge < -0.3 is 5.73 Å². The van der Waals surface area contributed by atoms with Crippen molar-refractivity contribution >= 4 is 16.8 Å². The molecule has 1 saturated carbocycles. The molecule has 0 bridgehead atoms. The van der Waals surface area contributed by atoms with Crippen molar-refractivity contribution in [2.45, 2.75) is 44.2 Å². The summed E-state index contributed by atoms with van der Waals surface area (Å²) in [4.78, 5) is 16.6. The molecule has 6 heteroatoms. The molecule has 4 rings (SSSR count). The Labute approximate surface area is 166 Å². The number of fused-ring (bicyclic) bond motifs is 1. The highest BCUT2D eigenvalue weighted by Crippen LogP contribution is 2.56. The minimum atomic E-state index is -4.22. The van der Waals surface area contributed by atoms with Crippen LogP contribution in [0.4, 0.5) is 13.2 Å². The van der Waals surface area contributed by atoms with E-state index in [1.807, 2.05) is 37.3 Å². The molecule has 1 amide bonds. The van der Waals surface area contributed by atoms with Crippen molar-refractivity contribution in [3.8, 4) is 0 Å². The van der Waals surface area contributed by atoms with Crippen LogP contribution in [-0.4, -0.2) is 17.1 Å². The number of nitrogens with zero attached hydrogens (tertiary/aromatic N) is 1. The third-order valence-corrected chi connectivity index (χ3v) is 5.68. The number of halogens is 3. The van der Waals surface area contributed by atoms with Gasteiger partial charge in [-0.2, -0.15) is 13.2 Å². The number of alkyl halides is 3. The smallest absolute Gasteiger partial charge is 0.366 e. The molecule has 29 heavy (non-hydrogen) atoms. The van der Waals surface area contributed by atoms with Gasteiger partial charge in [0, 0.05) is 28.5 Å². The fourth-order valence-corrected chi connectivity index (χ4v) is 4.15. The largest absolute Gasteiger partial charge is 0.389 e. The first-order chi connectivity index (χ1) is 13.7. The molecule has 1 heterocycles. The summed E-state index contributed by atoms with van der Waals surface area (Å²) < 4.78 is 38.4. The van der Waals surface area contributed by atoms with E-state index < -0.39 is 23.9 Å². The number of carbonyl (C=O) groups excluding carboxylic acids is 1. The van der Waals surface area contributed by atoms with Gasteiger partial charge in [0.2, 0.25) is 5.91 Å². The topological polar surface area (TPSA) is 56.0 Å². The summed E-state index contributed by atoms with van der Waals surface area (Å²) in [5.74, 6) is -0.502. The van der Waals surface area contributed by atoms with Crippen LogP contribution in [0.1, 0.15) is 52.0 Å². The first kappa shape index (κ1) is 19.4. The number of aromatic nitrogens is 1. The van der Waals surface area contributed by atoms with Gasteiger partial charge in [0.15, 0.2) is 0 Å². The van der Waals surface area contributed by atoms with Crippen LogP contribution in [-0.2, 0) is 11.8 Å². The maximum absolute atomic E-state index is 12.8. The number of hydrogen-bond acceptors (Lipinski definition) is 2. The zero-order valence-corrected chi connectivity index (χ0v) is 16.0. The maximum Gasteiger partial charge on any atom is 0.389 e. The van der Waals surface area contributed by atoms with Gasteiger partial charge in [0.05, 0.1) is 5.52 Å². The van der Waals surface area contributed by atoms with Gasteiger partial charge in [-0.05, 0) is 61.1 Å². The summed E-state index contributed by atoms with van der Waals surface area (Å²) in [6.45, 7) is 1.86. The van der Waals surface area contributed by atoms with Crippen LogP contribution < -0.4 is 5.73 Å². The van der Waals surface area contributed by atoms with E-state index in [0.29, 0.717) is 16.6 Å². The number of rotatable bonds is 5. The van der Waals surface area contributed by atoms with Gasteiger partial charge in [-0.1, -0.05) is 30.3 Å². The first-order valence-electron chi connectivity index (χ1n) is 9.56. The number of primary amides is 1. The highest BCUT2D eigenvalue weighted by Gasteiger charge is 2.48. The van der Waals surface area contributed by atoms with E-state index in [4.69, 9.17) is 5.73 Å². The molecule has 0 saturated heterocycles. The van der Waals surface area contributed by atoms with Crippen molar-refractivity contribution in [2.75, 3.05) is 0 Å². The van der Waals surface area contributed by atoms with E-state index in [0.717, 1.165) is 35.0 Å². The summed E-state index contributed by atoms with van der Waals surface area (Å²) in [5, 5.41) is 0.906. The SMILES string of the molecule is Cc1ccc2c(C3(c4ccccc4C(N)=O)CC3)cc(CCC(F)(F)F)cc2n1. The summed E-state index contributed by atoms with van der Waals surface area (Å²) in [6.07, 6.45) is -3.58. The van der Waals surface area contributed by atoms with Gasteiger partial charge in [-0.3, -0.25) is 9.78 Å². The molecule has 1 fully saturated rings. The predicted molar refractivity (Wildman–Crippen MR) is 106 cm³/mol. The van der Waals surface area contributed by atoms with Crippen LogP contribution >= 0.6 is 0 Å². The van der Waals surface area contributed by atoms with Gasteiger partial charge in [0.25, 0.3) is 0 Å². The highest BCUT2D eigenvalue weighted by atomic mass is 19.4. The summed E-state index contributed by atoms with van der Waals surface area (Å²) in [5.41, 5.74) is 9.48. The second kappa shape index (κ2) is 6.87. The standard InChI is InChI=1S/C23H21F3N2O/c1-14-6-7-16-19(12-15(13-20(16)28-14)8-9-23(24,25)26)22(10-11-22)18-5-3-2-4-17(18)21(27)29/h2-7,12-13H,8-11H2,1H3,(H2,27,29). The van der Waals surface area contributed by atoms with Crippen LogP contribution in [0.5, 0.6) is 0 Å². The fourth-order valence-electron chi connectivity index (χ4n) is 4.15. The third-order valence-electron chi connectivity index (χ3n) is 5.68. The second-order valence-corrected chi connectivity index (χ2v) is 7.77. The fraction of sp³-hybridized carbons (Fsp3) is 0.304. The maximum atomic E-state index is 12.8. The molecule has 0 radical (unpaired) electrons. The molecule has 1 aliphatic carbocycles. The molecule has 1 aromatic heterocycles. The molecule has 2 aromatic carbocycles. The lowest BCUT2D eigenvalue weighted by molar-refractivity contribution is -0.134. The monoisotopic (exact) mass is 398 g/mol. The van der Waals surface area contributed by atoms with E-state index >= 15 is 0 Å². The number of pyridine rings is 1. The van der Waals surface area contributed by atoms with Crippen molar-refractivity contribution in [3.05, 3.63) is 76.5 Å². The molecule has 3 aromatic rings. The van der Waals surface area contributed by atoms with Gasteiger partial charge >= 0.3 is 6.18 Å². The molecule has 3 nitrogen and oxygen atoms in total. The molecule has 0 atom stereocenters. The normalized spacial score (nSPS) is 15.4. The van der Waals surface area contributed by atoms with Crippen LogP contribution in [0.25, 0.3) is 10.9 Å². The predicted octanol–water partition coefficient (Wildman–Crippen LogP) is 5.22. The van der Waals surface area contributed by atoms with Crippen molar-refractivity contribution in [2.24, 2.45) is 5.73 Å². The lowest BCUT2D eigenvalue weighted by Gasteiger charge is -2.22. The zero-order chi connectivity index (χ0) is 20.8. The van der Waals surface area contributed by atoms with Crippen molar-refractivity contribution in [1.82, 2.24) is 4.98 Å². The van der Waals surface area contributed by atoms with Gasteiger partial charge in [-0.15, -0.1) is 0 Å². The highest BCUT2D eigenvalue weighted by molar-refractivity contribution is 5.96. The minimum Gasteiger partial charge on any atom is -0.366 e. The Bertz CT molecular complexity index is 1100. The quantitative estimate of drug-likeness (QED) is 0.641. The summed E-state index contributed by atoms with van der Waals surface area (Å²) >= 11 is 0. The Balaban J connectivity index is 1.90. The minimum absolute atomic E-state index is 0.102. The second-order valence-electron chi connectivity index (χ2n) is 7.77. The Morgan fingerprint density at radius 3 is 2.48 bits per heavy atom. The lowest BCUT2D eigenvalue weighted by atomic mass is 9.82. The number of benzene rings is 2. The molecule has 0 unspecified atom stereocenters. The number of aryl methyl sites for hydroxylation is 2. The van der Waals surface area contributed by atoms with E-state index in [1.165, 1.54) is 0 Å². The van der Waals surface area contributed by atoms with Crippen molar-refractivity contribution in [3.63, 3.8) is 0 Å². The van der Waals surface area contributed by atoms with Crippen LogP contribution in [0.3, 0.4) is 0 Å². The molecular weight excluding hydrogens is 377 g/mol. The summed E-state index contributed by atoms with van der Waals surface area (Å²) in [6, 6.07) is 14.7. The summed E-state index contributed by atoms with van der Waals surface area (Å²) in [7, 11) is 0. The Hall–Kier alpha value is -2.89. The Morgan fingerprint density at radius 1 is 1.10 bits per heavy atom. The molecule has 0 aliphatic heterocycles. The molecule has 1 aliphatic rings. The molecule has 0 spiro atoms. The van der Waals surface area contributed by atoms with Crippen molar-refractivity contribution < 1.29 is 18.0 Å². The Morgan fingerprint density at radius 2 is 1.83 bits per heavy atom. The van der Waals surface area contributed by atoms with E-state index in [2.05, 4.69) is 4.98 Å².